The maximum absolute atomic E-state index is 10.6. The first kappa shape index (κ1) is 11.7. The molecule has 2 aromatic heterocycles. The number of pyridine rings is 1. The highest BCUT2D eigenvalue weighted by atomic mass is 32.1. The first-order valence-corrected chi connectivity index (χ1v) is 6.12. The highest BCUT2D eigenvalue weighted by molar-refractivity contribution is 7.10. The Kier molecular flexibility index (Phi) is 3.49. The van der Waals surface area contributed by atoms with Gasteiger partial charge in [0, 0.05) is 29.3 Å². The summed E-state index contributed by atoms with van der Waals surface area (Å²) >= 11 is 1.50. The predicted octanol–water partition coefficient (Wildman–Crippen LogP) is 2.78. The van der Waals surface area contributed by atoms with Gasteiger partial charge in [-0.05, 0) is 12.1 Å². The highest BCUT2D eigenvalue weighted by Crippen LogP contribution is 2.27. The van der Waals surface area contributed by atoms with E-state index in [1.807, 2.05) is 24.4 Å². The van der Waals surface area contributed by atoms with Crippen molar-refractivity contribution >= 4 is 17.3 Å². The Morgan fingerprint density at radius 2 is 2.18 bits per heavy atom. The van der Waals surface area contributed by atoms with Crippen molar-refractivity contribution in [2.24, 2.45) is 0 Å². The standard InChI is InChI=1S/C12H12N2O2S/c1-8(6-11(15)16)12-14-10(7-17-12)9-2-4-13-5-3-9/h2-5,7-8H,6H2,1H3,(H,15,16). The molecule has 1 atom stereocenters. The number of hydrogen-bond donors (Lipinski definition) is 1. The van der Waals surface area contributed by atoms with E-state index < -0.39 is 5.97 Å². The summed E-state index contributed by atoms with van der Waals surface area (Å²) in [5, 5.41) is 11.5. The minimum absolute atomic E-state index is 0.0481. The quantitative estimate of drug-likeness (QED) is 0.903. The first-order valence-electron chi connectivity index (χ1n) is 5.24. The highest BCUT2D eigenvalue weighted by Gasteiger charge is 2.14. The molecular weight excluding hydrogens is 236 g/mol. The van der Waals surface area contributed by atoms with Gasteiger partial charge in [-0.15, -0.1) is 11.3 Å². The molecule has 1 N–H and O–H groups in total. The Morgan fingerprint density at radius 1 is 1.47 bits per heavy atom. The molecule has 0 radical (unpaired) electrons. The SMILES string of the molecule is CC(CC(=O)O)c1nc(-c2ccncc2)cs1. The van der Waals surface area contributed by atoms with E-state index in [9.17, 15) is 4.79 Å². The van der Waals surface area contributed by atoms with Gasteiger partial charge in [-0.2, -0.15) is 0 Å². The zero-order chi connectivity index (χ0) is 12.3. The van der Waals surface area contributed by atoms with Crippen LogP contribution in [-0.2, 0) is 4.79 Å². The van der Waals surface area contributed by atoms with Crippen LogP contribution in [-0.4, -0.2) is 21.0 Å². The number of aliphatic carboxylic acids is 1. The van der Waals surface area contributed by atoms with Crippen LogP contribution in [0.25, 0.3) is 11.3 Å². The second kappa shape index (κ2) is 5.05. The third-order valence-electron chi connectivity index (χ3n) is 2.40. The molecule has 0 bridgehead atoms. The van der Waals surface area contributed by atoms with E-state index in [2.05, 4.69) is 9.97 Å². The average molecular weight is 248 g/mol. The van der Waals surface area contributed by atoms with Crippen LogP contribution in [0.2, 0.25) is 0 Å². The van der Waals surface area contributed by atoms with Gasteiger partial charge in [-0.25, -0.2) is 4.98 Å². The fraction of sp³-hybridized carbons (Fsp3) is 0.250. The van der Waals surface area contributed by atoms with Gasteiger partial charge in [0.15, 0.2) is 0 Å². The minimum atomic E-state index is -0.793. The second-order valence-corrected chi connectivity index (χ2v) is 4.70. The molecule has 0 saturated carbocycles. The van der Waals surface area contributed by atoms with Gasteiger partial charge in [0.1, 0.15) is 0 Å². The van der Waals surface area contributed by atoms with Crippen molar-refractivity contribution < 1.29 is 9.90 Å². The molecule has 88 valence electrons. The van der Waals surface area contributed by atoms with Crippen molar-refractivity contribution in [1.82, 2.24) is 9.97 Å². The Hall–Kier alpha value is -1.75. The van der Waals surface area contributed by atoms with Crippen LogP contribution in [0, 0.1) is 0 Å². The summed E-state index contributed by atoms with van der Waals surface area (Å²) in [6, 6.07) is 3.78. The van der Waals surface area contributed by atoms with Crippen LogP contribution >= 0.6 is 11.3 Å². The second-order valence-electron chi connectivity index (χ2n) is 3.81. The molecule has 0 spiro atoms. The Balaban J connectivity index is 2.19. The molecular formula is C12H12N2O2S. The molecule has 5 heteroatoms. The number of carboxylic acid groups (broad SMARTS) is 1. The molecule has 2 rings (SSSR count). The van der Waals surface area contributed by atoms with Crippen molar-refractivity contribution in [2.75, 3.05) is 0 Å². The van der Waals surface area contributed by atoms with Crippen molar-refractivity contribution in [3.05, 3.63) is 34.9 Å². The number of carbonyl (C=O) groups is 1. The molecule has 0 aromatic carbocycles. The molecule has 0 aliphatic carbocycles. The summed E-state index contributed by atoms with van der Waals surface area (Å²) in [6.07, 6.45) is 3.55. The molecule has 2 aromatic rings. The number of hydrogen-bond acceptors (Lipinski definition) is 4. The van der Waals surface area contributed by atoms with Gasteiger partial charge < -0.3 is 5.11 Å². The van der Waals surface area contributed by atoms with Crippen LogP contribution in [0.4, 0.5) is 0 Å². The molecule has 1 unspecified atom stereocenters. The lowest BCUT2D eigenvalue weighted by Crippen LogP contribution is -2.02. The van der Waals surface area contributed by atoms with Crippen molar-refractivity contribution in [3.63, 3.8) is 0 Å². The van der Waals surface area contributed by atoms with Crippen LogP contribution in [0.1, 0.15) is 24.3 Å². The molecule has 4 nitrogen and oxygen atoms in total. The van der Waals surface area contributed by atoms with Gasteiger partial charge >= 0.3 is 5.97 Å². The average Bonchev–Trinajstić information content (AvgIpc) is 2.78. The first-order chi connectivity index (χ1) is 8.16. The summed E-state index contributed by atoms with van der Waals surface area (Å²) in [7, 11) is 0. The maximum atomic E-state index is 10.6. The number of carboxylic acids is 1. The van der Waals surface area contributed by atoms with Gasteiger partial charge in [0.05, 0.1) is 17.1 Å². The molecule has 0 amide bonds. The lowest BCUT2D eigenvalue weighted by molar-refractivity contribution is -0.137. The molecule has 0 saturated heterocycles. The number of nitrogens with zero attached hydrogens (tertiary/aromatic N) is 2. The Labute approximate surface area is 103 Å². The molecule has 0 aliphatic rings. The van der Waals surface area contributed by atoms with Crippen molar-refractivity contribution in [2.45, 2.75) is 19.3 Å². The normalized spacial score (nSPS) is 12.3. The van der Waals surface area contributed by atoms with Crippen LogP contribution in [0.15, 0.2) is 29.9 Å². The van der Waals surface area contributed by atoms with E-state index in [-0.39, 0.29) is 12.3 Å². The summed E-state index contributed by atoms with van der Waals surface area (Å²) < 4.78 is 0. The zero-order valence-electron chi connectivity index (χ0n) is 9.33. The maximum Gasteiger partial charge on any atom is 0.304 e. The van der Waals surface area contributed by atoms with Crippen LogP contribution in [0.3, 0.4) is 0 Å². The summed E-state index contributed by atoms with van der Waals surface area (Å²) in [5.74, 6) is -0.841. The van der Waals surface area contributed by atoms with E-state index in [0.29, 0.717) is 0 Å². The fourth-order valence-electron chi connectivity index (χ4n) is 1.52. The van der Waals surface area contributed by atoms with Gasteiger partial charge in [0.2, 0.25) is 0 Å². The van der Waals surface area contributed by atoms with Gasteiger partial charge in [0.25, 0.3) is 0 Å². The van der Waals surface area contributed by atoms with E-state index in [1.165, 1.54) is 11.3 Å². The third-order valence-corrected chi connectivity index (χ3v) is 3.48. The molecule has 0 fully saturated rings. The zero-order valence-corrected chi connectivity index (χ0v) is 10.1. The lowest BCUT2D eigenvalue weighted by Gasteiger charge is -2.03. The molecule has 17 heavy (non-hydrogen) atoms. The lowest BCUT2D eigenvalue weighted by atomic mass is 10.1. The monoisotopic (exact) mass is 248 g/mol. The van der Waals surface area contributed by atoms with Gasteiger partial charge in [-0.3, -0.25) is 9.78 Å². The number of thiazole rings is 1. The molecule has 2 heterocycles. The van der Waals surface area contributed by atoms with Crippen molar-refractivity contribution in [3.8, 4) is 11.3 Å². The summed E-state index contributed by atoms with van der Waals surface area (Å²) in [5.41, 5.74) is 1.88. The van der Waals surface area contributed by atoms with E-state index in [4.69, 9.17) is 5.11 Å². The topological polar surface area (TPSA) is 63.1 Å². The number of aromatic nitrogens is 2. The Bertz CT molecular complexity index is 510. The smallest absolute Gasteiger partial charge is 0.304 e. The fourth-order valence-corrected chi connectivity index (χ4v) is 2.41. The summed E-state index contributed by atoms with van der Waals surface area (Å²) in [6.45, 7) is 1.88. The van der Waals surface area contributed by atoms with E-state index in [1.54, 1.807) is 12.4 Å². The van der Waals surface area contributed by atoms with Crippen LogP contribution < -0.4 is 0 Å². The predicted molar refractivity (Wildman–Crippen MR) is 66.0 cm³/mol. The minimum Gasteiger partial charge on any atom is -0.481 e. The van der Waals surface area contributed by atoms with E-state index in [0.717, 1.165) is 16.3 Å². The van der Waals surface area contributed by atoms with Crippen molar-refractivity contribution in [1.29, 1.82) is 0 Å². The van der Waals surface area contributed by atoms with E-state index >= 15 is 0 Å². The molecule has 0 aliphatic heterocycles. The number of rotatable bonds is 4. The van der Waals surface area contributed by atoms with Gasteiger partial charge in [-0.1, -0.05) is 6.92 Å². The van der Waals surface area contributed by atoms with Crippen LogP contribution in [0.5, 0.6) is 0 Å². The summed E-state index contributed by atoms with van der Waals surface area (Å²) in [4.78, 5) is 19.0. The largest absolute Gasteiger partial charge is 0.481 e. The Morgan fingerprint density at radius 3 is 2.82 bits per heavy atom. The third kappa shape index (κ3) is 2.88.